The average Bonchev–Trinajstić information content (AvgIpc) is 2.65. The highest BCUT2D eigenvalue weighted by Gasteiger charge is 2.20. The minimum Gasteiger partial charge on any atom is -0.396 e. The van der Waals surface area contributed by atoms with E-state index in [2.05, 4.69) is 37.3 Å². The zero-order valence-corrected chi connectivity index (χ0v) is 16.1. The largest absolute Gasteiger partial charge is 0.396 e. The van der Waals surface area contributed by atoms with Crippen LogP contribution in [0.15, 0.2) is 30.4 Å². The number of rotatable bonds is 11. The van der Waals surface area contributed by atoms with Crippen LogP contribution in [-0.4, -0.2) is 18.3 Å². The molecule has 0 spiro atoms. The maximum absolute atomic E-state index is 8.97. The van der Waals surface area contributed by atoms with Crippen molar-refractivity contribution in [3.63, 3.8) is 0 Å². The van der Waals surface area contributed by atoms with E-state index >= 15 is 0 Å². The van der Waals surface area contributed by atoms with Crippen LogP contribution in [0.25, 0.3) is 0 Å². The monoisotopic (exact) mass is 343 g/mol. The first-order chi connectivity index (χ1) is 12.3. The quantitative estimate of drug-likeness (QED) is 0.432. The number of benzene rings is 1. The zero-order valence-electron chi connectivity index (χ0n) is 16.1. The summed E-state index contributed by atoms with van der Waals surface area (Å²) in [4.78, 5) is 0. The minimum absolute atomic E-state index is 0.289. The molecule has 0 fully saturated rings. The Balaban J connectivity index is 1.87. The molecule has 0 heterocycles. The summed E-state index contributed by atoms with van der Waals surface area (Å²) < 4.78 is 0. The van der Waals surface area contributed by atoms with Crippen molar-refractivity contribution in [2.24, 2.45) is 11.7 Å². The Kier molecular flexibility index (Phi) is 9.28. The molecule has 0 radical (unpaired) electrons. The molecule has 0 aromatic heterocycles. The Labute approximate surface area is 154 Å². The molecule has 1 aromatic carbocycles. The molecule has 25 heavy (non-hydrogen) atoms. The second-order valence-corrected chi connectivity index (χ2v) is 7.64. The summed E-state index contributed by atoms with van der Waals surface area (Å²) in [5.74, 6) is 1.32. The Bertz CT molecular complexity index is 523. The Morgan fingerprint density at radius 1 is 1.20 bits per heavy atom. The van der Waals surface area contributed by atoms with Crippen LogP contribution in [0.3, 0.4) is 0 Å². The molecule has 1 aromatic rings. The molecule has 0 aliphatic heterocycles. The first-order valence-corrected chi connectivity index (χ1v) is 10.3. The van der Waals surface area contributed by atoms with Gasteiger partial charge in [-0.05, 0) is 86.9 Å². The fraction of sp³-hybridized carbons (Fsp3) is 0.652. The zero-order chi connectivity index (χ0) is 17.9. The number of unbranched alkanes of at least 4 members (excludes halogenated alkanes) is 3. The van der Waals surface area contributed by atoms with Gasteiger partial charge in [0.25, 0.3) is 0 Å². The number of allylic oxidation sites excluding steroid dienone is 2. The lowest BCUT2D eigenvalue weighted by Gasteiger charge is -2.26. The Morgan fingerprint density at radius 3 is 2.84 bits per heavy atom. The van der Waals surface area contributed by atoms with Gasteiger partial charge in [-0.25, -0.2) is 0 Å². The van der Waals surface area contributed by atoms with Gasteiger partial charge < -0.3 is 10.8 Å². The van der Waals surface area contributed by atoms with Gasteiger partial charge in [-0.15, -0.1) is 0 Å². The van der Waals surface area contributed by atoms with Crippen molar-refractivity contribution in [1.82, 2.24) is 0 Å². The van der Waals surface area contributed by atoms with Crippen LogP contribution in [0.2, 0.25) is 0 Å². The normalized spacial score (nSPS) is 18.4. The van der Waals surface area contributed by atoms with Crippen molar-refractivity contribution in [3.05, 3.63) is 47.0 Å². The first-order valence-electron chi connectivity index (χ1n) is 10.3. The topological polar surface area (TPSA) is 46.2 Å². The third-order valence-electron chi connectivity index (χ3n) is 5.75. The molecule has 2 heteroatoms. The van der Waals surface area contributed by atoms with Crippen molar-refractivity contribution in [3.8, 4) is 0 Å². The van der Waals surface area contributed by atoms with E-state index in [0.29, 0.717) is 12.5 Å². The minimum atomic E-state index is 0.289. The highest BCUT2D eigenvalue weighted by Crippen LogP contribution is 2.32. The van der Waals surface area contributed by atoms with Gasteiger partial charge in [0.1, 0.15) is 0 Å². The summed E-state index contributed by atoms with van der Waals surface area (Å²) >= 11 is 0. The van der Waals surface area contributed by atoms with E-state index in [0.717, 1.165) is 25.2 Å². The molecular weight excluding hydrogens is 306 g/mol. The standard InChI is InChI=1S/C23H37NO/c1-2-3-4-5-6-9-19-11-12-21-17-22(14-13-20(21)16-19)23(18-24)10-7-8-15-25/h2-3,13-14,17,19,23,25H,4-12,15-16,18,24H2,1H3/b3-2-/t19-,23-/m0/s1. The average molecular weight is 344 g/mol. The summed E-state index contributed by atoms with van der Waals surface area (Å²) in [7, 11) is 0. The maximum atomic E-state index is 8.97. The molecule has 140 valence electrons. The molecule has 0 amide bonds. The lowest BCUT2D eigenvalue weighted by atomic mass is 9.79. The van der Waals surface area contributed by atoms with Crippen LogP contribution in [0, 0.1) is 5.92 Å². The van der Waals surface area contributed by atoms with Crippen LogP contribution >= 0.6 is 0 Å². The highest BCUT2D eigenvalue weighted by atomic mass is 16.2. The van der Waals surface area contributed by atoms with Gasteiger partial charge >= 0.3 is 0 Å². The van der Waals surface area contributed by atoms with Crippen molar-refractivity contribution in [1.29, 1.82) is 0 Å². The maximum Gasteiger partial charge on any atom is 0.0431 e. The van der Waals surface area contributed by atoms with Gasteiger partial charge in [-0.1, -0.05) is 49.6 Å². The number of aryl methyl sites for hydroxylation is 1. The van der Waals surface area contributed by atoms with Crippen molar-refractivity contribution < 1.29 is 5.11 Å². The molecule has 2 rings (SSSR count). The molecule has 1 aliphatic rings. The summed E-state index contributed by atoms with van der Waals surface area (Å²) in [6.07, 6.45) is 16.6. The van der Waals surface area contributed by atoms with E-state index in [1.807, 2.05) is 0 Å². The number of hydrogen-bond acceptors (Lipinski definition) is 2. The molecule has 2 nitrogen and oxygen atoms in total. The SMILES string of the molecule is C/C=C\CCCC[C@H]1CCc2cc([C@H](CN)CCCCO)ccc2C1. The van der Waals surface area contributed by atoms with Gasteiger partial charge in [0.2, 0.25) is 0 Å². The number of fused-ring (bicyclic) bond motifs is 1. The van der Waals surface area contributed by atoms with Crippen molar-refractivity contribution in [2.45, 2.75) is 77.0 Å². The molecule has 2 atom stereocenters. The van der Waals surface area contributed by atoms with E-state index in [-0.39, 0.29) is 6.61 Å². The third-order valence-corrected chi connectivity index (χ3v) is 5.75. The first kappa shape index (κ1) is 20.2. The third kappa shape index (κ3) is 6.60. The van der Waals surface area contributed by atoms with Gasteiger partial charge in [-0.2, -0.15) is 0 Å². The highest BCUT2D eigenvalue weighted by molar-refractivity contribution is 5.36. The van der Waals surface area contributed by atoms with E-state index in [1.54, 1.807) is 11.1 Å². The fourth-order valence-corrected chi connectivity index (χ4v) is 4.14. The second kappa shape index (κ2) is 11.5. The van der Waals surface area contributed by atoms with Gasteiger partial charge in [0.05, 0.1) is 0 Å². The van der Waals surface area contributed by atoms with E-state index in [1.165, 1.54) is 50.5 Å². The van der Waals surface area contributed by atoms with Gasteiger partial charge in [-0.3, -0.25) is 0 Å². The van der Waals surface area contributed by atoms with Crippen LogP contribution in [0.5, 0.6) is 0 Å². The smallest absolute Gasteiger partial charge is 0.0431 e. The molecule has 0 unspecified atom stereocenters. The van der Waals surface area contributed by atoms with Crippen LogP contribution in [-0.2, 0) is 12.8 Å². The predicted octanol–water partition coefficient (Wildman–Crippen LogP) is 5.13. The van der Waals surface area contributed by atoms with E-state index < -0.39 is 0 Å². The summed E-state index contributed by atoms with van der Waals surface area (Å²) in [5, 5.41) is 8.97. The molecular formula is C23H37NO. The molecule has 0 saturated carbocycles. The lowest BCUT2D eigenvalue weighted by Crippen LogP contribution is -2.17. The van der Waals surface area contributed by atoms with Crippen molar-refractivity contribution >= 4 is 0 Å². The lowest BCUT2D eigenvalue weighted by molar-refractivity contribution is 0.281. The second-order valence-electron chi connectivity index (χ2n) is 7.64. The van der Waals surface area contributed by atoms with Crippen molar-refractivity contribution in [2.75, 3.05) is 13.2 Å². The summed E-state index contributed by atoms with van der Waals surface area (Å²) in [5.41, 5.74) is 10.5. The summed E-state index contributed by atoms with van der Waals surface area (Å²) in [6.45, 7) is 3.10. The molecule has 1 aliphatic carbocycles. The number of hydrogen-bond donors (Lipinski definition) is 2. The van der Waals surface area contributed by atoms with Crippen LogP contribution < -0.4 is 5.73 Å². The number of aliphatic hydroxyl groups is 1. The molecule has 3 N–H and O–H groups in total. The Morgan fingerprint density at radius 2 is 2.08 bits per heavy atom. The number of aliphatic hydroxyl groups excluding tert-OH is 1. The fourth-order valence-electron chi connectivity index (χ4n) is 4.14. The van der Waals surface area contributed by atoms with Crippen LogP contribution in [0.1, 0.15) is 80.9 Å². The Hall–Kier alpha value is -1.12. The van der Waals surface area contributed by atoms with Crippen LogP contribution in [0.4, 0.5) is 0 Å². The number of nitrogens with two attached hydrogens (primary N) is 1. The van der Waals surface area contributed by atoms with Gasteiger partial charge in [0, 0.05) is 6.61 Å². The van der Waals surface area contributed by atoms with E-state index in [4.69, 9.17) is 10.8 Å². The predicted molar refractivity (Wildman–Crippen MR) is 108 cm³/mol. The van der Waals surface area contributed by atoms with Gasteiger partial charge in [0.15, 0.2) is 0 Å². The molecule has 0 saturated heterocycles. The summed E-state index contributed by atoms with van der Waals surface area (Å²) in [6, 6.07) is 7.10. The van der Waals surface area contributed by atoms with E-state index in [9.17, 15) is 0 Å². The molecule has 0 bridgehead atoms.